The number of quaternary nitrogens is 1. The van der Waals surface area contributed by atoms with Crippen molar-refractivity contribution >= 4 is 17.7 Å². The van der Waals surface area contributed by atoms with Crippen LogP contribution in [0.5, 0.6) is 0 Å². The largest absolute Gasteiger partial charge is 0.543 e. The first-order chi connectivity index (χ1) is 6.48. The van der Waals surface area contributed by atoms with Crippen LogP contribution in [0.15, 0.2) is 29.2 Å². The summed E-state index contributed by atoms with van der Waals surface area (Å²) in [4.78, 5) is 11.9. The molecule has 1 atom stereocenters. The van der Waals surface area contributed by atoms with E-state index in [1.54, 1.807) is 23.9 Å². The maximum atomic E-state index is 10.8. The zero-order chi connectivity index (χ0) is 10.8. The zero-order valence-corrected chi connectivity index (χ0v) is 9.06. The first kappa shape index (κ1) is 11.1. The predicted molar refractivity (Wildman–Crippen MR) is 53.5 cm³/mol. The summed E-state index contributed by atoms with van der Waals surface area (Å²) in [6, 6.07) is 7.31. The van der Waals surface area contributed by atoms with E-state index in [0.717, 1.165) is 4.90 Å². The van der Waals surface area contributed by atoms with Crippen molar-refractivity contribution in [3.8, 4) is 0 Å². The quantitative estimate of drug-likeness (QED) is 0.693. The summed E-state index contributed by atoms with van der Waals surface area (Å²) in [7, 11) is 0. The molecule has 1 rings (SSSR count). The number of carboxylic acids is 1. The van der Waals surface area contributed by atoms with E-state index in [1.165, 1.54) is 6.92 Å². The summed E-state index contributed by atoms with van der Waals surface area (Å²) < 4.78 is 0. The normalized spacial score (nSPS) is 14.8. The SMILES string of the molecule is CSc1ccc([C@](C)([NH3+])C(=O)[O-])cc1. The number of benzene rings is 1. The molecule has 0 fully saturated rings. The fourth-order valence-electron chi connectivity index (χ4n) is 1.08. The van der Waals surface area contributed by atoms with E-state index in [-0.39, 0.29) is 0 Å². The first-order valence-corrected chi connectivity index (χ1v) is 5.42. The van der Waals surface area contributed by atoms with E-state index in [2.05, 4.69) is 5.73 Å². The summed E-state index contributed by atoms with van der Waals surface area (Å²) in [6.45, 7) is 1.54. The van der Waals surface area contributed by atoms with Gasteiger partial charge < -0.3 is 15.6 Å². The molecule has 4 heteroatoms. The lowest BCUT2D eigenvalue weighted by molar-refractivity contribution is -0.489. The highest BCUT2D eigenvalue weighted by atomic mass is 32.2. The zero-order valence-electron chi connectivity index (χ0n) is 8.24. The maximum Gasteiger partial charge on any atom is 0.157 e. The molecule has 0 radical (unpaired) electrons. The molecule has 76 valence electrons. The van der Waals surface area contributed by atoms with E-state index in [9.17, 15) is 9.90 Å². The van der Waals surface area contributed by atoms with Crippen LogP contribution in [0.25, 0.3) is 0 Å². The Hall–Kier alpha value is -1.00. The Kier molecular flexibility index (Phi) is 3.18. The lowest BCUT2D eigenvalue weighted by Gasteiger charge is -2.22. The number of hydrogen-bond acceptors (Lipinski definition) is 3. The van der Waals surface area contributed by atoms with Gasteiger partial charge in [-0.1, -0.05) is 12.1 Å². The van der Waals surface area contributed by atoms with Crippen molar-refractivity contribution in [1.29, 1.82) is 0 Å². The molecule has 0 unspecified atom stereocenters. The Morgan fingerprint density at radius 1 is 1.43 bits per heavy atom. The van der Waals surface area contributed by atoms with E-state index in [1.807, 2.05) is 18.4 Å². The van der Waals surface area contributed by atoms with Crippen LogP contribution >= 0.6 is 11.8 Å². The topological polar surface area (TPSA) is 67.8 Å². The van der Waals surface area contributed by atoms with Crippen molar-refractivity contribution in [2.45, 2.75) is 17.4 Å². The molecule has 0 aromatic heterocycles. The summed E-state index contributed by atoms with van der Waals surface area (Å²) in [6.07, 6.45) is 1.97. The van der Waals surface area contributed by atoms with Gasteiger partial charge in [-0.2, -0.15) is 0 Å². The van der Waals surface area contributed by atoms with E-state index in [4.69, 9.17) is 0 Å². The monoisotopic (exact) mass is 211 g/mol. The Labute approximate surface area is 87.3 Å². The molecule has 14 heavy (non-hydrogen) atoms. The number of carbonyl (C=O) groups is 1. The molecule has 0 saturated heterocycles. The summed E-state index contributed by atoms with van der Waals surface area (Å²) in [5, 5.41) is 10.8. The second-order valence-electron chi connectivity index (χ2n) is 3.35. The molecule has 3 N–H and O–H groups in total. The van der Waals surface area contributed by atoms with Crippen molar-refractivity contribution in [3.63, 3.8) is 0 Å². The number of thioether (sulfide) groups is 1. The van der Waals surface area contributed by atoms with Gasteiger partial charge >= 0.3 is 0 Å². The van der Waals surface area contributed by atoms with Crippen LogP contribution in [0.3, 0.4) is 0 Å². The molecule has 1 aromatic carbocycles. The van der Waals surface area contributed by atoms with E-state index >= 15 is 0 Å². The highest BCUT2D eigenvalue weighted by molar-refractivity contribution is 7.98. The minimum atomic E-state index is -1.17. The minimum absolute atomic E-state index is 0.662. The molecule has 1 aromatic rings. The van der Waals surface area contributed by atoms with Crippen molar-refractivity contribution in [2.75, 3.05) is 6.26 Å². The van der Waals surface area contributed by atoms with Gasteiger partial charge in [0.25, 0.3) is 0 Å². The highest BCUT2D eigenvalue weighted by Gasteiger charge is 2.26. The molecule has 0 bridgehead atoms. The lowest BCUT2D eigenvalue weighted by atomic mass is 9.94. The average molecular weight is 211 g/mol. The van der Waals surface area contributed by atoms with E-state index in [0.29, 0.717) is 5.56 Å². The predicted octanol–water partition coefficient (Wildman–Crippen LogP) is -0.385. The lowest BCUT2D eigenvalue weighted by Crippen LogP contribution is -2.75. The number of carboxylic acid groups (broad SMARTS) is 1. The smallest absolute Gasteiger partial charge is 0.157 e. The van der Waals surface area contributed by atoms with Crippen LogP contribution in [-0.2, 0) is 10.3 Å². The van der Waals surface area contributed by atoms with Gasteiger partial charge in [-0.3, -0.25) is 0 Å². The van der Waals surface area contributed by atoms with Crippen LogP contribution in [0, 0.1) is 0 Å². The third-order valence-corrected chi connectivity index (χ3v) is 2.92. The van der Waals surface area contributed by atoms with Crippen LogP contribution in [0.4, 0.5) is 0 Å². The molecule has 0 saturated carbocycles. The van der Waals surface area contributed by atoms with Crippen molar-refractivity contribution in [1.82, 2.24) is 0 Å². The highest BCUT2D eigenvalue weighted by Crippen LogP contribution is 2.20. The first-order valence-electron chi connectivity index (χ1n) is 4.20. The van der Waals surface area contributed by atoms with Gasteiger partial charge in [0.05, 0.1) is 0 Å². The van der Waals surface area contributed by atoms with Crippen molar-refractivity contribution in [3.05, 3.63) is 29.8 Å². The van der Waals surface area contributed by atoms with Gasteiger partial charge in [-0.05, 0) is 18.4 Å². The van der Waals surface area contributed by atoms with Crippen LogP contribution in [-0.4, -0.2) is 12.2 Å². The second kappa shape index (κ2) is 4.02. The van der Waals surface area contributed by atoms with Gasteiger partial charge in [0.1, 0.15) is 5.97 Å². The molecule has 0 aliphatic heterocycles. The van der Waals surface area contributed by atoms with Crippen LogP contribution in [0.1, 0.15) is 12.5 Å². The van der Waals surface area contributed by atoms with Crippen LogP contribution in [0.2, 0.25) is 0 Å². The molecular formula is C10H13NO2S. The van der Waals surface area contributed by atoms with Crippen LogP contribution < -0.4 is 10.8 Å². The Morgan fingerprint density at radius 3 is 2.29 bits per heavy atom. The molecule has 0 aliphatic carbocycles. The van der Waals surface area contributed by atoms with E-state index < -0.39 is 11.5 Å². The fourth-order valence-corrected chi connectivity index (χ4v) is 1.48. The van der Waals surface area contributed by atoms with Gasteiger partial charge in [0.2, 0.25) is 0 Å². The second-order valence-corrected chi connectivity index (χ2v) is 4.23. The molecular weight excluding hydrogens is 198 g/mol. The molecule has 3 nitrogen and oxygen atoms in total. The Bertz CT molecular complexity index is 332. The summed E-state index contributed by atoms with van der Waals surface area (Å²) in [5.74, 6) is -1.16. The molecule has 0 heterocycles. The van der Waals surface area contributed by atoms with Gasteiger partial charge in [0.15, 0.2) is 5.54 Å². The molecule has 0 amide bonds. The maximum absolute atomic E-state index is 10.8. The third kappa shape index (κ3) is 2.08. The van der Waals surface area contributed by atoms with Crippen molar-refractivity contribution in [2.24, 2.45) is 0 Å². The molecule has 0 spiro atoms. The number of rotatable bonds is 3. The van der Waals surface area contributed by atoms with Gasteiger partial charge in [-0.15, -0.1) is 11.8 Å². The number of carbonyl (C=O) groups excluding carboxylic acids is 1. The average Bonchev–Trinajstić information content (AvgIpc) is 2.17. The number of aliphatic carboxylic acids is 1. The fraction of sp³-hybridized carbons (Fsp3) is 0.300. The Morgan fingerprint density at radius 2 is 1.93 bits per heavy atom. The Balaban J connectivity index is 3.02. The molecule has 0 aliphatic rings. The van der Waals surface area contributed by atoms with Gasteiger partial charge in [0, 0.05) is 17.4 Å². The standard InChI is InChI=1S/C10H13NO2S/c1-10(11,9(12)13)7-3-5-8(14-2)6-4-7/h3-6H,11H2,1-2H3,(H,12,13)/t10-/m0/s1. The van der Waals surface area contributed by atoms with Crippen molar-refractivity contribution < 1.29 is 15.6 Å². The number of hydrogen-bond donors (Lipinski definition) is 1. The summed E-state index contributed by atoms with van der Waals surface area (Å²) in [5.41, 5.74) is 3.12. The van der Waals surface area contributed by atoms with Gasteiger partial charge in [-0.25, -0.2) is 0 Å². The minimum Gasteiger partial charge on any atom is -0.543 e. The summed E-state index contributed by atoms with van der Waals surface area (Å²) >= 11 is 1.61. The third-order valence-electron chi connectivity index (χ3n) is 2.18.